The number of fused-ring (bicyclic) bond motifs is 1. The molecule has 0 amide bonds. The summed E-state index contributed by atoms with van der Waals surface area (Å²) in [6, 6.07) is 15.5. The van der Waals surface area contributed by atoms with Crippen LogP contribution in [0, 0.1) is 11.3 Å². The third-order valence-corrected chi connectivity index (χ3v) is 4.29. The molecule has 0 aliphatic rings. The van der Waals surface area contributed by atoms with Crippen LogP contribution in [0.25, 0.3) is 11.2 Å². The highest BCUT2D eigenvalue weighted by atomic mass is 16.2. The summed E-state index contributed by atoms with van der Waals surface area (Å²) >= 11 is 0. The number of hydrogen-bond donors (Lipinski definition) is 1. The summed E-state index contributed by atoms with van der Waals surface area (Å²) in [7, 11) is 1.66. The molecule has 3 heterocycles. The number of hydrogen-bond acceptors (Lipinski definition) is 4. The van der Waals surface area contributed by atoms with Crippen LogP contribution in [0.3, 0.4) is 0 Å². The molecule has 0 aliphatic heterocycles. The Morgan fingerprint density at radius 3 is 2.69 bits per heavy atom. The number of rotatable bonds is 4. The molecular formula is C19H16N6O. The standard InChI is InChI=1S/C19H16N6O/c1-23-13-22-25(19(23)26)16-7-5-15(6-8-16)21-11-14-12-24-9-3-2-4-18(24)17(14)10-20/h2-9,12-13,21H,11H2,1H3. The van der Waals surface area contributed by atoms with Crippen LogP contribution in [0.15, 0.2) is 66.0 Å². The summed E-state index contributed by atoms with van der Waals surface area (Å²) in [5.74, 6) is 0. The van der Waals surface area contributed by atoms with E-state index >= 15 is 0 Å². The molecule has 1 N–H and O–H groups in total. The van der Waals surface area contributed by atoms with Crippen LogP contribution in [0.2, 0.25) is 0 Å². The molecular weight excluding hydrogens is 328 g/mol. The van der Waals surface area contributed by atoms with Gasteiger partial charge in [-0.25, -0.2) is 4.79 Å². The third-order valence-electron chi connectivity index (χ3n) is 4.29. The van der Waals surface area contributed by atoms with Crippen LogP contribution in [-0.4, -0.2) is 18.7 Å². The first-order valence-electron chi connectivity index (χ1n) is 8.11. The number of aryl methyl sites for hydroxylation is 1. The summed E-state index contributed by atoms with van der Waals surface area (Å²) < 4.78 is 4.72. The number of benzene rings is 1. The van der Waals surface area contributed by atoms with Crippen LogP contribution < -0.4 is 11.0 Å². The van der Waals surface area contributed by atoms with Crippen molar-refractivity contribution in [2.45, 2.75) is 6.54 Å². The lowest BCUT2D eigenvalue weighted by Crippen LogP contribution is -2.21. The van der Waals surface area contributed by atoms with E-state index in [4.69, 9.17) is 0 Å². The molecule has 0 atom stereocenters. The topological polar surface area (TPSA) is 80.0 Å². The van der Waals surface area contributed by atoms with E-state index in [1.165, 1.54) is 15.6 Å². The molecule has 7 nitrogen and oxygen atoms in total. The minimum atomic E-state index is -0.190. The van der Waals surface area contributed by atoms with Crippen molar-refractivity contribution in [3.63, 3.8) is 0 Å². The van der Waals surface area contributed by atoms with E-state index in [9.17, 15) is 10.1 Å². The molecule has 4 rings (SSSR count). The fourth-order valence-corrected chi connectivity index (χ4v) is 2.91. The van der Waals surface area contributed by atoms with Gasteiger partial charge in [-0.2, -0.15) is 15.0 Å². The zero-order chi connectivity index (χ0) is 18.1. The second kappa shape index (κ2) is 6.26. The Morgan fingerprint density at radius 2 is 2.00 bits per heavy atom. The Morgan fingerprint density at radius 1 is 1.19 bits per heavy atom. The minimum absolute atomic E-state index is 0.190. The molecule has 0 bridgehead atoms. The van der Waals surface area contributed by atoms with Crippen molar-refractivity contribution in [1.29, 1.82) is 5.26 Å². The van der Waals surface area contributed by atoms with Crippen molar-refractivity contribution in [1.82, 2.24) is 18.7 Å². The molecule has 0 aliphatic carbocycles. The molecule has 3 aromatic heterocycles. The lowest BCUT2D eigenvalue weighted by Gasteiger charge is -2.06. The number of nitrogens with zero attached hydrogens (tertiary/aromatic N) is 5. The highest BCUT2D eigenvalue weighted by Crippen LogP contribution is 2.19. The van der Waals surface area contributed by atoms with Gasteiger partial charge in [0, 0.05) is 37.2 Å². The zero-order valence-corrected chi connectivity index (χ0v) is 14.1. The Bertz CT molecular complexity index is 1170. The molecule has 0 saturated carbocycles. The first kappa shape index (κ1) is 15.7. The van der Waals surface area contributed by atoms with Crippen LogP contribution in [0.4, 0.5) is 5.69 Å². The van der Waals surface area contributed by atoms with E-state index in [1.807, 2.05) is 59.3 Å². The van der Waals surface area contributed by atoms with Gasteiger partial charge in [-0.3, -0.25) is 4.57 Å². The molecule has 128 valence electrons. The molecule has 0 spiro atoms. The van der Waals surface area contributed by atoms with E-state index in [0.717, 1.165) is 16.8 Å². The third kappa shape index (κ3) is 2.63. The second-order valence-electron chi connectivity index (χ2n) is 5.97. The maximum absolute atomic E-state index is 11.9. The molecule has 0 fully saturated rings. The second-order valence-corrected chi connectivity index (χ2v) is 5.97. The average Bonchev–Trinajstić information content (AvgIpc) is 3.20. The normalized spacial score (nSPS) is 10.8. The number of nitriles is 1. The Labute approximate surface area is 149 Å². The average molecular weight is 344 g/mol. The maximum Gasteiger partial charge on any atom is 0.350 e. The predicted molar refractivity (Wildman–Crippen MR) is 98.2 cm³/mol. The predicted octanol–water partition coefficient (Wildman–Crippen LogP) is 2.31. The van der Waals surface area contributed by atoms with Gasteiger partial charge in [0.2, 0.25) is 0 Å². The van der Waals surface area contributed by atoms with E-state index in [-0.39, 0.29) is 5.69 Å². The van der Waals surface area contributed by atoms with Crippen molar-refractivity contribution in [3.05, 3.63) is 82.8 Å². The summed E-state index contributed by atoms with van der Waals surface area (Å²) in [5.41, 5.74) is 3.92. The Hall–Kier alpha value is -3.79. The first-order valence-corrected chi connectivity index (χ1v) is 8.11. The van der Waals surface area contributed by atoms with Gasteiger partial charge >= 0.3 is 5.69 Å². The number of pyridine rings is 1. The molecule has 0 unspecified atom stereocenters. The highest BCUT2D eigenvalue weighted by molar-refractivity contribution is 5.65. The lowest BCUT2D eigenvalue weighted by molar-refractivity contribution is 0.799. The van der Waals surface area contributed by atoms with Gasteiger partial charge in [-0.15, -0.1) is 0 Å². The largest absolute Gasteiger partial charge is 0.381 e. The van der Waals surface area contributed by atoms with Crippen molar-refractivity contribution >= 4 is 11.2 Å². The van der Waals surface area contributed by atoms with Crippen LogP contribution in [-0.2, 0) is 13.6 Å². The molecule has 7 heteroatoms. The van der Waals surface area contributed by atoms with Gasteiger partial charge in [0.05, 0.1) is 16.8 Å². The summed E-state index contributed by atoms with van der Waals surface area (Å²) in [4.78, 5) is 11.9. The van der Waals surface area contributed by atoms with Crippen LogP contribution in [0.1, 0.15) is 11.1 Å². The van der Waals surface area contributed by atoms with Crippen molar-refractivity contribution < 1.29 is 0 Å². The minimum Gasteiger partial charge on any atom is -0.381 e. The van der Waals surface area contributed by atoms with Crippen molar-refractivity contribution in [3.8, 4) is 11.8 Å². The number of nitrogens with one attached hydrogen (secondary N) is 1. The monoisotopic (exact) mass is 344 g/mol. The van der Waals surface area contributed by atoms with E-state index in [0.29, 0.717) is 17.8 Å². The lowest BCUT2D eigenvalue weighted by atomic mass is 10.1. The Balaban J connectivity index is 1.55. The fraction of sp³-hybridized carbons (Fsp3) is 0.105. The van der Waals surface area contributed by atoms with Gasteiger partial charge in [0.15, 0.2) is 0 Å². The number of aromatic nitrogens is 4. The van der Waals surface area contributed by atoms with E-state index < -0.39 is 0 Å². The Kier molecular flexibility index (Phi) is 3.78. The van der Waals surface area contributed by atoms with Crippen molar-refractivity contribution in [2.75, 3.05) is 5.32 Å². The SMILES string of the molecule is Cn1cnn(-c2ccc(NCc3cn4ccccc4c3C#N)cc2)c1=O. The smallest absolute Gasteiger partial charge is 0.350 e. The van der Waals surface area contributed by atoms with E-state index in [1.54, 1.807) is 7.05 Å². The fourth-order valence-electron chi connectivity index (χ4n) is 2.91. The molecule has 0 saturated heterocycles. The summed E-state index contributed by atoms with van der Waals surface area (Å²) in [6.07, 6.45) is 5.37. The first-order chi connectivity index (χ1) is 12.7. The maximum atomic E-state index is 11.9. The number of anilines is 1. The van der Waals surface area contributed by atoms with Gasteiger partial charge in [-0.05, 0) is 36.4 Å². The van der Waals surface area contributed by atoms with Crippen LogP contribution >= 0.6 is 0 Å². The van der Waals surface area contributed by atoms with Gasteiger partial charge in [0.1, 0.15) is 12.4 Å². The zero-order valence-electron chi connectivity index (χ0n) is 14.1. The van der Waals surface area contributed by atoms with Gasteiger partial charge < -0.3 is 9.72 Å². The molecule has 4 aromatic rings. The van der Waals surface area contributed by atoms with Gasteiger partial charge in [-0.1, -0.05) is 6.07 Å². The van der Waals surface area contributed by atoms with Crippen LogP contribution in [0.5, 0.6) is 0 Å². The van der Waals surface area contributed by atoms with E-state index in [2.05, 4.69) is 16.5 Å². The van der Waals surface area contributed by atoms with Gasteiger partial charge in [0.25, 0.3) is 0 Å². The summed E-state index contributed by atoms with van der Waals surface area (Å²) in [6.45, 7) is 0.535. The molecule has 1 aromatic carbocycles. The summed E-state index contributed by atoms with van der Waals surface area (Å²) in [5, 5.41) is 16.8. The molecule has 26 heavy (non-hydrogen) atoms. The van der Waals surface area contributed by atoms with Crippen molar-refractivity contribution in [2.24, 2.45) is 7.05 Å². The highest BCUT2D eigenvalue weighted by Gasteiger charge is 2.10. The quantitative estimate of drug-likeness (QED) is 0.616. The molecule has 0 radical (unpaired) electrons.